The molecule has 0 aliphatic rings. The van der Waals surface area contributed by atoms with Crippen LogP contribution in [0.3, 0.4) is 0 Å². The monoisotopic (exact) mass is 361 g/mol. The largest absolute Gasteiger partial charge is 0.484 e. The number of rotatable bonds is 8. The summed E-state index contributed by atoms with van der Waals surface area (Å²) in [4.78, 5) is 23.0. The van der Waals surface area contributed by atoms with Gasteiger partial charge in [0.1, 0.15) is 5.75 Å². The third kappa shape index (κ3) is 10.1. The predicted octanol–water partition coefficient (Wildman–Crippen LogP) is 2.34. The van der Waals surface area contributed by atoms with Crippen molar-refractivity contribution in [1.29, 1.82) is 0 Å². The number of halogens is 3. The standard InChI is InChI=1S/C16H22F3N3O3/c1-11(2)22-14(23)6-7-20-15(24)21-9-12-4-3-5-13(8-12)25-10-16(17,18)19/h3-5,8,11H,6-7,9-10H2,1-2H3,(H,22,23)(H2,20,21,24). The maximum absolute atomic E-state index is 12.1. The molecule has 3 amide bonds. The Bertz CT molecular complexity index is 577. The van der Waals surface area contributed by atoms with E-state index in [9.17, 15) is 22.8 Å². The van der Waals surface area contributed by atoms with Gasteiger partial charge in [0.2, 0.25) is 5.91 Å². The van der Waals surface area contributed by atoms with E-state index < -0.39 is 18.8 Å². The average molecular weight is 361 g/mol. The van der Waals surface area contributed by atoms with E-state index in [-0.39, 0.29) is 37.2 Å². The number of urea groups is 1. The van der Waals surface area contributed by atoms with E-state index in [1.54, 1.807) is 6.07 Å². The molecule has 0 aliphatic heterocycles. The summed E-state index contributed by atoms with van der Waals surface area (Å²) in [5.41, 5.74) is 0.590. The zero-order valence-electron chi connectivity index (χ0n) is 14.1. The number of benzene rings is 1. The van der Waals surface area contributed by atoms with Gasteiger partial charge < -0.3 is 20.7 Å². The highest BCUT2D eigenvalue weighted by Crippen LogP contribution is 2.19. The van der Waals surface area contributed by atoms with Gasteiger partial charge in [0.05, 0.1) is 0 Å². The van der Waals surface area contributed by atoms with Gasteiger partial charge in [0.15, 0.2) is 6.61 Å². The summed E-state index contributed by atoms with van der Waals surface area (Å²) in [6.07, 6.45) is -4.25. The number of hydrogen-bond acceptors (Lipinski definition) is 3. The summed E-state index contributed by atoms with van der Waals surface area (Å²) < 4.78 is 41.0. The highest BCUT2D eigenvalue weighted by molar-refractivity contribution is 5.78. The molecule has 3 N–H and O–H groups in total. The molecule has 140 valence electrons. The van der Waals surface area contributed by atoms with Gasteiger partial charge in [-0.3, -0.25) is 4.79 Å². The molecular weight excluding hydrogens is 339 g/mol. The number of ether oxygens (including phenoxy) is 1. The van der Waals surface area contributed by atoms with Crippen LogP contribution in [0, 0.1) is 0 Å². The molecule has 0 unspecified atom stereocenters. The molecule has 0 heterocycles. The first-order valence-electron chi connectivity index (χ1n) is 7.75. The van der Waals surface area contributed by atoms with Crippen LogP contribution in [0.15, 0.2) is 24.3 Å². The number of carbonyl (C=O) groups is 2. The van der Waals surface area contributed by atoms with Crippen LogP contribution in [0.4, 0.5) is 18.0 Å². The molecule has 1 aromatic carbocycles. The molecule has 0 spiro atoms. The minimum absolute atomic E-state index is 0.0353. The van der Waals surface area contributed by atoms with Gasteiger partial charge >= 0.3 is 12.2 Å². The fourth-order valence-corrected chi connectivity index (χ4v) is 1.84. The van der Waals surface area contributed by atoms with Crippen molar-refractivity contribution in [2.75, 3.05) is 13.2 Å². The van der Waals surface area contributed by atoms with E-state index in [1.807, 2.05) is 13.8 Å². The van der Waals surface area contributed by atoms with E-state index in [4.69, 9.17) is 0 Å². The summed E-state index contributed by atoms with van der Waals surface area (Å²) in [5, 5.41) is 7.78. The molecule has 9 heteroatoms. The average Bonchev–Trinajstić information content (AvgIpc) is 2.50. The molecule has 6 nitrogen and oxygen atoms in total. The molecule has 0 aromatic heterocycles. The van der Waals surface area contributed by atoms with E-state index in [2.05, 4.69) is 20.7 Å². The fraction of sp³-hybridized carbons (Fsp3) is 0.500. The van der Waals surface area contributed by atoms with Gasteiger partial charge in [0, 0.05) is 25.6 Å². The van der Waals surface area contributed by atoms with Crippen LogP contribution < -0.4 is 20.7 Å². The summed E-state index contributed by atoms with van der Waals surface area (Å²) in [5.74, 6) is -0.0906. The van der Waals surface area contributed by atoms with Crippen molar-refractivity contribution in [3.8, 4) is 5.75 Å². The lowest BCUT2D eigenvalue weighted by Crippen LogP contribution is -2.38. The van der Waals surface area contributed by atoms with Crippen LogP contribution in [0.25, 0.3) is 0 Å². The maximum atomic E-state index is 12.1. The van der Waals surface area contributed by atoms with Crippen molar-refractivity contribution in [3.05, 3.63) is 29.8 Å². The van der Waals surface area contributed by atoms with Crippen LogP contribution in [0.2, 0.25) is 0 Å². The van der Waals surface area contributed by atoms with Crippen molar-refractivity contribution in [2.45, 2.75) is 39.0 Å². The van der Waals surface area contributed by atoms with Gasteiger partial charge in [-0.1, -0.05) is 12.1 Å². The first-order valence-corrected chi connectivity index (χ1v) is 7.75. The van der Waals surface area contributed by atoms with Crippen LogP contribution in [-0.2, 0) is 11.3 Å². The lowest BCUT2D eigenvalue weighted by molar-refractivity contribution is -0.153. The second-order valence-electron chi connectivity index (χ2n) is 5.63. The van der Waals surface area contributed by atoms with Crippen molar-refractivity contribution < 1.29 is 27.5 Å². The zero-order chi connectivity index (χ0) is 18.9. The van der Waals surface area contributed by atoms with E-state index in [0.717, 1.165) is 0 Å². The summed E-state index contributed by atoms with van der Waals surface area (Å²) in [7, 11) is 0. The lowest BCUT2D eigenvalue weighted by Gasteiger charge is -2.11. The molecule has 25 heavy (non-hydrogen) atoms. The zero-order valence-corrected chi connectivity index (χ0v) is 14.1. The number of amides is 3. The topological polar surface area (TPSA) is 79.5 Å². The van der Waals surface area contributed by atoms with Crippen LogP contribution in [0.5, 0.6) is 5.75 Å². The van der Waals surface area contributed by atoms with E-state index in [1.165, 1.54) is 18.2 Å². The summed E-state index contributed by atoms with van der Waals surface area (Å²) in [6.45, 7) is 2.60. The van der Waals surface area contributed by atoms with Gasteiger partial charge in [-0.25, -0.2) is 4.79 Å². The van der Waals surface area contributed by atoms with Crippen molar-refractivity contribution >= 4 is 11.9 Å². The molecule has 1 rings (SSSR count). The smallest absolute Gasteiger partial charge is 0.422 e. The van der Waals surface area contributed by atoms with Crippen molar-refractivity contribution in [3.63, 3.8) is 0 Å². The highest BCUT2D eigenvalue weighted by atomic mass is 19.4. The maximum Gasteiger partial charge on any atom is 0.422 e. The Hall–Kier alpha value is -2.45. The summed E-state index contributed by atoms with van der Waals surface area (Å²) >= 11 is 0. The minimum atomic E-state index is -4.41. The highest BCUT2D eigenvalue weighted by Gasteiger charge is 2.28. The Labute approximate surface area is 144 Å². The number of hydrogen-bond donors (Lipinski definition) is 3. The second-order valence-corrected chi connectivity index (χ2v) is 5.63. The third-order valence-electron chi connectivity index (χ3n) is 2.84. The number of alkyl halides is 3. The Kier molecular flexibility index (Phi) is 8.03. The van der Waals surface area contributed by atoms with Crippen molar-refractivity contribution in [2.24, 2.45) is 0 Å². The molecule has 0 bridgehead atoms. The normalized spacial score (nSPS) is 11.1. The second kappa shape index (κ2) is 9.75. The SMILES string of the molecule is CC(C)NC(=O)CCNC(=O)NCc1cccc(OCC(F)(F)F)c1. The fourth-order valence-electron chi connectivity index (χ4n) is 1.84. The van der Waals surface area contributed by atoms with Gasteiger partial charge in [-0.2, -0.15) is 13.2 Å². The first kappa shape index (κ1) is 20.6. The quantitative estimate of drug-likeness (QED) is 0.665. The van der Waals surface area contributed by atoms with E-state index in [0.29, 0.717) is 5.56 Å². The minimum Gasteiger partial charge on any atom is -0.484 e. The first-order chi connectivity index (χ1) is 11.7. The van der Waals surface area contributed by atoms with Gasteiger partial charge in [0.25, 0.3) is 0 Å². The Morgan fingerprint density at radius 2 is 1.92 bits per heavy atom. The molecule has 0 saturated carbocycles. The van der Waals surface area contributed by atoms with Crippen molar-refractivity contribution in [1.82, 2.24) is 16.0 Å². The molecule has 0 atom stereocenters. The number of carbonyl (C=O) groups excluding carboxylic acids is 2. The van der Waals surface area contributed by atoms with Crippen LogP contribution >= 0.6 is 0 Å². The lowest BCUT2D eigenvalue weighted by atomic mass is 10.2. The molecular formula is C16H22F3N3O3. The molecule has 0 radical (unpaired) electrons. The predicted molar refractivity (Wildman–Crippen MR) is 86.1 cm³/mol. The molecule has 0 aliphatic carbocycles. The Balaban J connectivity index is 2.32. The third-order valence-corrected chi connectivity index (χ3v) is 2.84. The van der Waals surface area contributed by atoms with Gasteiger partial charge in [-0.05, 0) is 31.5 Å². The Morgan fingerprint density at radius 3 is 2.56 bits per heavy atom. The van der Waals surface area contributed by atoms with Crippen LogP contribution in [0.1, 0.15) is 25.8 Å². The molecule has 1 aromatic rings. The molecule has 0 fully saturated rings. The molecule has 0 saturated heterocycles. The summed E-state index contributed by atoms with van der Waals surface area (Å²) in [6, 6.07) is 5.57. The number of nitrogens with one attached hydrogen (secondary N) is 3. The Morgan fingerprint density at radius 1 is 1.20 bits per heavy atom. The van der Waals surface area contributed by atoms with E-state index >= 15 is 0 Å². The van der Waals surface area contributed by atoms with Gasteiger partial charge in [-0.15, -0.1) is 0 Å². The van der Waals surface area contributed by atoms with Crippen LogP contribution in [-0.4, -0.2) is 37.3 Å².